The normalized spacial score (nSPS) is 52.9. The summed E-state index contributed by atoms with van der Waals surface area (Å²) in [6.45, 7) is 6.88. The zero-order chi connectivity index (χ0) is 13.9. The Morgan fingerprint density at radius 3 is 2.53 bits per heavy atom. The number of aliphatic hydroxyl groups is 1. The second-order valence-electron chi connectivity index (χ2n) is 7.83. The lowest BCUT2D eigenvalue weighted by Gasteiger charge is -2.54. The number of rotatable bonds is 2. The molecule has 5 atom stereocenters. The lowest BCUT2D eigenvalue weighted by molar-refractivity contribution is -0.132. The van der Waals surface area contributed by atoms with Crippen molar-refractivity contribution >= 4 is 6.41 Å². The first kappa shape index (κ1) is 13.4. The van der Waals surface area contributed by atoms with Gasteiger partial charge in [-0.25, -0.2) is 0 Å². The predicted molar refractivity (Wildman–Crippen MR) is 74.6 cm³/mol. The zero-order valence-corrected chi connectivity index (χ0v) is 12.5. The minimum absolute atomic E-state index is 0.0443. The van der Waals surface area contributed by atoms with Crippen LogP contribution < -0.4 is 0 Å². The van der Waals surface area contributed by atoms with Crippen LogP contribution in [0.3, 0.4) is 0 Å². The average molecular weight is 265 g/mol. The summed E-state index contributed by atoms with van der Waals surface area (Å²) in [6, 6.07) is 0. The van der Waals surface area contributed by atoms with E-state index in [1.165, 1.54) is 25.7 Å². The van der Waals surface area contributed by atoms with Gasteiger partial charge in [0.15, 0.2) is 0 Å². The summed E-state index contributed by atoms with van der Waals surface area (Å²) in [6.07, 6.45) is 8.31. The molecule has 1 saturated heterocycles. The first-order valence-electron chi connectivity index (χ1n) is 7.78. The third-order valence-electron chi connectivity index (χ3n) is 6.84. The molecular weight excluding hydrogens is 238 g/mol. The van der Waals surface area contributed by atoms with Crippen LogP contribution in [0, 0.1) is 17.3 Å². The number of likely N-dealkylation sites (tertiary alicyclic amines) is 1. The number of carbonyl (C=O) groups is 1. The van der Waals surface area contributed by atoms with Crippen LogP contribution in [0.1, 0.15) is 59.3 Å². The number of aliphatic hydroxyl groups excluding tert-OH is 1. The number of amides is 1. The van der Waals surface area contributed by atoms with E-state index < -0.39 is 0 Å². The van der Waals surface area contributed by atoms with Gasteiger partial charge in [0.2, 0.25) is 6.41 Å². The Morgan fingerprint density at radius 1 is 1.21 bits per heavy atom. The van der Waals surface area contributed by atoms with Crippen LogP contribution in [0.4, 0.5) is 0 Å². The summed E-state index contributed by atoms with van der Waals surface area (Å²) in [4.78, 5) is 13.7. The molecule has 3 aliphatic rings. The van der Waals surface area contributed by atoms with Gasteiger partial charge in [0.25, 0.3) is 0 Å². The van der Waals surface area contributed by atoms with Crippen LogP contribution in [0.5, 0.6) is 0 Å². The molecule has 1 aliphatic heterocycles. The van der Waals surface area contributed by atoms with E-state index in [2.05, 4.69) is 20.8 Å². The van der Waals surface area contributed by atoms with Crippen molar-refractivity contribution in [1.82, 2.24) is 4.90 Å². The molecule has 0 aromatic carbocycles. The fourth-order valence-electron chi connectivity index (χ4n) is 6.14. The molecule has 0 bridgehead atoms. The van der Waals surface area contributed by atoms with Gasteiger partial charge in [-0.05, 0) is 56.8 Å². The molecule has 2 aliphatic carbocycles. The van der Waals surface area contributed by atoms with Crippen LogP contribution in [0.25, 0.3) is 0 Å². The van der Waals surface area contributed by atoms with Crippen LogP contribution in [-0.2, 0) is 4.79 Å². The Kier molecular flexibility index (Phi) is 2.80. The molecule has 0 spiro atoms. The van der Waals surface area contributed by atoms with Gasteiger partial charge in [0.05, 0.1) is 12.1 Å². The average Bonchev–Trinajstić information content (AvgIpc) is 2.57. The van der Waals surface area contributed by atoms with Crippen molar-refractivity contribution in [3.05, 3.63) is 0 Å². The van der Waals surface area contributed by atoms with Crippen molar-refractivity contribution in [3.63, 3.8) is 0 Å². The summed E-state index contributed by atoms with van der Waals surface area (Å²) < 4.78 is 0. The first-order valence-corrected chi connectivity index (χ1v) is 7.78. The SMILES string of the molecule is CC12CCCC3C1C(C)(CCC2)N(C=O)C3(C)CO. The van der Waals surface area contributed by atoms with Crippen LogP contribution in [0.2, 0.25) is 0 Å². The molecule has 0 radical (unpaired) electrons. The fraction of sp³-hybridized carbons (Fsp3) is 0.938. The summed E-state index contributed by atoms with van der Waals surface area (Å²) in [5.74, 6) is 1.02. The standard InChI is InChI=1S/C16H27NO2/c1-14-7-4-6-12-13(14)15(2,9-5-8-14)17(11-19)16(12,3)10-18/h11-13,18H,4-10H2,1-3H3. The number of hydrogen-bond donors (Lipinski definition) is 1. The molecule has 3 rings (SSSR count). The van der Waals surface area contributed by atoms with Gasteiger partial charge in [0.1, 0.15) is 0 Å². The van der Waals surface area contributed by atoms with E-state index in [0.717, 1.165) is 19.3 Å². The van der Waals surface area contributed by atoms with Gasteiger partial charge < -0.3 is 10.0 Å². The summed E-state index contributed by atoms with van der Waals surface area (Å²) in [7, 11) is 0. The smallest absolute Gasteiger partial charge is 0.210 e. The molecule has 1 amide bonds. The second kappa shape index (κ2) is 3.97. The third kappa shape index (κ3) is 1.45. The highest BCUT2D eigenvalue weighted by Gasteiger charge is 2.67. The van der Waals surface area contributed by atoms with E-state index in [1.54, 1.807) is 0 Å². The minimum atomic E-state index is -0.354. The second-order valence-corrected chi connectivity index (χ2v) is 7.83. The number of nitrogens with zero attached hydrogens (tertiary/aromatic N) is 1. The summed E-state index contributed by atoms with van der Waals surface area (Å²) >= 11 is 0. The molecule has 1 N–H and O–H groups in total. The largest absolute Gasteiger partial charge is 0.394 e. The highest BCUT2D eigenvalue weighted by Crippen LogP contribution is 2.65. The molecule has 2 saturated carbocycles. The summed E-state index contributed by atoms with van der Waals surface area (Å²) in [5.41, 5.74) is -0.0331. The van der Waals surface area contributed by atoms with Gasteiger partial charge in [-0.1, -0.05) is 19.8 Å². The third-order valence-corrected chi connectivity index (χ3v) is 6.84. The van der Waals surface area contributed by atoms with E-state index >= 15 is 0 Å². The molecule has 3 fully saturated rings. The molecule has 3 heteroatoms. The zero-order valence-electron chi connectivity index (χ0n) is 12.5. The highest BCUT2D eigenvalue weighted by molar-refractivity contribution is 5.53. The molecule has 3 nitrogen and oxygen atoms in total. The molecule has 5 unspecified atom stereocenters. The Bertz CT molecular complexity index is 394. The van der Waals surface area contributed by atoms with E-state index in [4.69, 9.17) is 0 Å². The van der Waals surface area contributed by atoms with E-state index in [0.29, 0.717) is 17.3 Å². The maximum Gasteiger partial charge on any atom is 0.210 e. The van der Waals surface area contributed by atoms with Crippen molar-refractivity contribution in [2.75, 3.05) is 6.61 Å². The van der Waals surface area contributed by atoms with Crippen molar-refractivity contribution in [3.8, 4) is 0 Å². The van der Waals surface area contributed by atoms with Gasteiger partial charge in [-0.15, -0.1) is 0 Å². The number of hydrogen-bond acceptors (Lipinski definition) is 2. The van der Waals surface area contributed by atoms with Gasteiger partial charge in [-0.2, -0.15) is 0 Å². The molecule has 1 heterocycles. The van der Waals surface area contributed by atoms with E-state index in [9.17, 15) is 9.90 Å². The summed E-state index contributed by atoms with van der Waals surface area (Å²) in [5, 5.41) is 9.98. The van der Waals surface area contributed by atoms with Crippen molar-refractivity contribution in [2.24, 2.45) is 17.3 Å². The maximum absolute atomic E-state index is 11.7. The van der Waals surface area contributed by atoms with Crippen molar-refractivity contribution < 1.29 is 9.90 Å². The molecule has 0 aromatic heterocycles. The Morgan fingerprint density at radius 2 is 1.89 bits per heavy atom. The Hall–Kier alpha value is -0.570. The van der Waals surface area contributed by atoms with Crippen LogP contribution in [-0.4, -0.2) is 34.1 Å². The first-order chi connectivity index (χ1) is 8.92. The van der Waals surface area contributed by atoms with Crippen LogP contribution in [0.15, 0.2) is 0 Å². The maximum atomic E-state index is 11.7. The van der Waals surface area contributed by atoms with Crippen LogP contribution >= 0.6 is 0 Å². The lowest BCUT2D eigenvalue weighted by atomic mass is 9.51. The van der Waals surface area contributed by atoms with E-state index in [1.807, 2.05) is 4.90 Å². The van der Waals surface area contributed by atoms with Gasteiger partial charge >= 0.3 is 0 Å². The van der Waals surface area contributed by atoms with Gasteiger partial charge in [0, 0.05) is 5.54 Å². The molecule has 0 aromatic rings. The number of carbonyl (C=O) groups excluding carboxylic acids is 1. The highest BCUT2D eigenvalue weighted by atomic mass is 16.3. The monoisotopic (exact) mass is 265 g/mol. The topological polar surface area (TPSA) is 40.5 Å². The Balaban J connectivity index is 2.14. The Labute approximate surface area is 116 Å². The lowest BCUT2D eigenvalue weighted by Crippen LogP contribution is -2.56. The molecule has 108 valence electrons. The predicted octanol–water partition coefficient (Wildman–Crippen LogP) is 2.57. The fourth-order valence-corrected chi connectivity index (χ4v) is 6.14. The van der Waals surface area contributed by atoms with Crippen molar-refractivity contribution in [2.45, 2.75) is 70.4 Å². The van der Waals surface area contributed by atoms with Gasteiger partial charge in [-0.3, -0.25) is 4.79 Å². The van der Waals surface area contributed by atoms with Crippen molar-refractivity contribution in [1.29, 1.82) is 0 Å². The molecule has 19 heavy (non-hydrogen) atoms. The van der Waals surface area contributed by atoms with E-state index in [-0.39, 0.29) is 17.7 Å². The molecular formula is C16H27NO2. The quantitative estimate of drug-likeness (QED) is 0.780. The minimum Gasteiger partial charge on any atom is -0.394 e.